The second-order valence-corrected chi connectivity index (χ2v) is 8.05. The fraction of sp³-hybridized carbons (Fsp3) is 0.650. The molecule has 2 heterocycles. The summed E-state index contributed by atoms with van der Waals surface area (Å²) in [7, 11) is 0. The first-order valence-electron chi connectivity index (χ1n) is 9.47. The number of carbonyl (C=O) groups excluding carboxylic acids is 1. The van der Waals surface area contributed by atoms with Crippen molar-refractivity contribution in [2.45, 2.75) is 57.3 Å². The molecule has 4 atom stereocenters. The molecule has 2 aliphatic heterocycles. The summed E-state index contributed by atoms with van der Waals surface area (Å²) in [5.41, 5.74) is 1.65. The summed E-state index contributed by atoms with van der Waals surface area (Å²) < 4.78 is 11.5. The molecule has 5 rings (SSSR count). The van der Waals surface area contributed by atoms with Gasteiger partial charge >= 0.3 is 5.97 Å². The van der Waals surface area contributed by atoms with E-state index in [4.69, 9.17) is 9.47 Å². The first kappa shape index (κ1) is 14.8. The highest BCUT2D eigenvalue weighted by molar-refractivity contribution is 5.93. The Morgan fingerprint density at radius 2 is 1.92 bits per heavy atom. The number of likely N-dealkylation sites (tertiary alicyclic amines) is 1. The molecule has 0 amide bonds. The van der Waals surface area contributed by atoms with E-state index in [2.05, 4.69) is 4.90 Å². The first-order chi connectivity index (χ1) is 11.8. The zero-order chi connectivity index (χ0) is 16.1. The lowest BCUT2D eigenvalue weighted by Crippen LogP contribution is -2.48. The maximum Gasteiger partial charge on any atom is 0.338 e. The third kappa shape index (κ3) is 2.52. The summed E-state index contributed by atoms with van der Waals surface area (Å²) in [4.78, 5) is 14.3. The predicted octanol–water partition coefficient (Wildman–Crippen LogP) is 3.39. The van der Waals surface area contributed by atoms with Gasteiger partial charge in [0.1, 0.15) is 18.5 Å². The molecule has 24 heavy (non-hydrogen) atoms. The van der Waals surface area contributed by atoms with E-state index in [0.29, 0.717) is 24.3 Å². The Morgan fingerprint density at radius 1 is 1.08 bits per heavy atom. The Balaban J connectivity index is 1.30. The molecular weight excluding hydrogens is 302 g/mol. The van der Waals surface area contributed by atoms with Gasteiger partial charge in [0.2, 0.25) is 0 Å². The van der Waals surface area contributed by atoms with Crippen LogP contribution in [0.2, 0.25) is 0 Å². The number of carbonyl (C=O) groups is 1. The van der Waals surface area contributed by atoms with Gasteiger partial charge in [-0.15, -0.1) is 0 Å². The highest BCUT2D eigenvalue weighted by atomic mass is 16.5. The van der Waals surface area contributed by atoms with Crippen LogP contribution in [0.15, 0.2) is 18.2 Å². The molecule has 4 nitrogen and oxygen atoms in total. The zero-order valence-electron chi connectivity index (χ0n) is 14.1. The number of nitrogens with zero attached hydrogens (tertiary/aromatic N) is 1. The van der Waals surface area contributed by atoms with Crippen LogP contribution < -0.4 is 4.74 Å². The van der Waals surface area contributed by atoms with Gasteiger partial charge in [-0.25, -0.2) is 4.79 Å². The van der Waals surface area contributed by atoms with Crippen LogP contribution in [0.3, 0.4) is 0 Å². The van der Waals surface area contributed by atoms with Crippen molar-refractivity contribution in [3.05, 3.63) is 29.3 Å². The fourth-order valence-electron chi connectivity index (χ4n) is 5.34. The summed E-state index contributed by atoms with van der Waals surface area (Å²) in [6, 6.07) is 6.35. The maximum absolute atomic E-state index is 11.6. The molecule has 0 radical (unpaired) electrons. The van der Waals surface area contributed by atoms with E-state index in [1.807, 2.05) is 18.2 Å². The standard InChI is InChI=1S/C20H25NO3/c22-20-17-7-6-16(9-15(17)12-23-20)24-19-3-1-2-18(19)21-10-13-4-5-14(8-13)11-21/h6-7,9,13-14,18-19H,1-5,8,10-12H2/t13?,14?,18-,19-/m0/s1. The van der Waals surface area contributed by atoms with Crippen molar-refractivity contribution in [1.29, 1.82) is 0 Å². The van der Waals surface area contributed by atoms with Gasteiger partial charge in [-0.3, -0.25) is 4.90 Å². The molecule has 128 valence electrons. The molecule has 2 unspecified atom stereocenters. The van der Waals surface area contributed by atoms with Gasteiger partial charge in [0.25, 0.3) is 0 Å². The number of cyclic esters (lactones) is 1. The third-order valence-electron chi connectivity index (χ3n) is 6.46. The molecular formula is C20H25NO3. The molecule has 0 aromatic heterocycles. The highest BCUT2D eigenvalue weighted by Crippen LogP contribution is 2.40. The summed E-state index contributed by atoms with van der Waals surface area (Å²) in [6.45, 7) is 2.93. The second-order valence-electron chi connectivity index (χ2n) is 8.05. The number of rotatable bonds is 3. The number of hydrogen-bond acceptors (Lipinski definition) is 4. The number of fused-ring (bicyclic) bond motifs is 3. The lowest BCUT2D eigenvalue weighted by atomic mass is 9.96. The summed E-state index contributed by atoms with van der Waals surface area (Å²) >= 11 is 0. The van der Waals surface area contributed by atoms with E-state index >= 15 is 0 Å². The highest BCUT2D eigenvalue weighted by Gasteiger charge is 2.40. The monoisotopic (exact) mass is 327 g/mol. The Morgan fingerprint density at radius 3 is 2.75 bits per heavy atom. The minimum atomic E-state index is -0.209. The van der Waals surface area contributed by atoms with Crippen LogP contribution in [-0.2, 0) is 11.3 Å². The van der Waals surface area contributed by atoms with Crippen molar-refractivity contribution >= 4 is 5.97 Å². The lowest BCUT2D eigenvalue weighted by molar-refractivity contribution is 0.0517. The van der Waals surface area contributed by atoms with Crippen molar-refractivity contribution in [2.24, 2.45) is 11.8 Å². The topological polar surface area (TPSA) is 38.8 Å². The van der Waals surface area contributed by atoms with Crippen LogP contribution in [-0.4, -0.2) is 36.1 Å². The van der Waals surface area contributed by atoms with Crippen LogP contribution in [0.5, 0.6) is 5.75 Å². The first-order valence-corrected chi connectivity index (χ1v) is 9.47. The number of esters is 1. The van der Waals surface area contributed by atoms with Crippen molar-refractivity contribution in [2.75, 3.05) is 13.1 Å². The smallest absolute Gasteiger partial charge is 0.338 e. The van der Waals surface area contributed by atoms with Crippen LogP contribution in [0.25, 0.3) is 0 Å². The van der Waals surface area contributed by atoms with Gasteiger partial charge in [0.15, 0.2) is 0 Å². The summed E-state index contributed by atoms with van der Waals surface area (Å²) in [5.74, 6) is 2.53. The van der Waals surface area contributed by atoms with Gasteiger partial charge in [0.05, 0.1) is 5.56 Å². The Hall–Kier alpha value is -1.55. The van der Waals surface area contributed by atoms with Gasteiger partial charge < -0.3 is 9.47 Å². The van der Waals surface area contributed by atoms with Gasteiger partial charge in [-0.1, -0.05) is 0 Å². The lowest BCUT2D eigenvalue weighted by Gasteiger charge is -2.38. The molecule has 2 saturated carbocycles. The number of piperidine rings is 1. The molecule has 0 N–H and O–H groups in total. The van der Waals surface area contributed by atoms with E-state index in [1.165, 1.54) is 45.2 Å². The van der Waals surface area contributed by atoms with E-state index in [0.717, 1.165) is 29.6 Å². The third-order valence-corrected chi connectivity index (χ3v) is 6.46. The molecule has 2 aliphatic carbocycles. The molecule has 1 aromatic rings. The Kier molecular flexibility index (Phi) is 3.55. The van der Waals surface area contributed by atoms with Crippen molar-refractivity contribution in [1.82, 2.24) is 4.90 Å². The largest absolute Gasteiger partial charge is 0.489 e. The molecule has 1 saturated heterocycles. The van der Waals surface area contributed by atoms with Gasteiger partial charge in [-0.05, 0) is 68.6 Å². The Labute approximate surface area is 143 Å². The average Bonchev–Trinajstić information content (AvgIpc) is 3.28. The zero-order valence-corrected chi connectivity index (χ0v) is 14.1. The fourth-order valence-corrected chi connectivity index (χ4v) is 5.34. The second kappa shape index (κ2) is 5.76. The molecule has 1 aromatic carbocycles. The summed E-state index contributed by atoms with van der Waals surface area (Å²) in [6.07, 6.45) is 8.26. The van der Waals surface area contributed by atoms with Gasteiger partial charge in [-0.2, -0.15) is 0 Å². The van der Waals surface area contributed by atoms with Crippen molar-refractivity contribution in [3.8, 4) is 5.75 Å². The van der Waals surface area contributed by atoms with Gasteiger partial charge in [0, 0.05) is 24.7 Å². The van der Waals surface area contributed by atoms with E-state index < -0.39 is 0 Å². The van der Waals surface area contributed by atoms with E-state index in [-0.39, 0.29) is 5.97 Å². The normalized spacial score (nSPS) is 35.1. The molecule has 4 aliphatic rings. The number of hydrogen-bond donors (Lipinski definition) is 0. The van der Waals surface area contributed by atoms with E-state index in [9.17, 15) is 4.79 Å². The van der Waals surface area contributed by atoms with Crippen LogP contribution in [0, 0.1) is 11.8 Å². The SMILES string of the molecule is O=C1OCc2cc(O[C@H]3CCC[C@@H]3N3CC4CCC(C4)C3)ccc21. The van der Waals surface area contributed by atoms with Crippen molar-refractivity contribution in [3.63, 3.8) is 0 Å². The minimum absolute atomic E-state index is 0.209. The number of benzene rings is 1. The quantitative estimate of drug-likeness (QED) is 0.798. The predicted molar refractivity (Wildman–Crippen MR) is 90.0 cm³/mol. The van der Waals surface area contributed by atoms with Crippen LogP contribution in [0.1, 0.15) is 54.4 Å². The molecule has 0 spiro atoms. The minimum Gasteiger partial charge on any atom is -0.489 e. The molecule has 2 bridgehead atoms. The Bertz CT molecular complexity index is 646. The maximum atomic E-state index is 11.6. The molecule has 3 fully saturated rings. The van der Waals surface area contributed by atoms with Crippen LogP contribution in [0.4, 0.5) is 0 Å². The van der Waals surface area contributed by atoms with E-state index in [1.54, 1.807) is 0 Å². The van der Waals surface area contributed by atoms with Crippen LogP contribution >= 0.6 is 0 Å². The summed E-state index contributed by atoms with van der Waals surface area (Å²) in [5, 5.41) is 0. The average molecular weight is 327 g/mol. The van der Waals surface area contributed by atoms with Crippen molar-refractivity contribution < 1.29 is 14.3 Å². The molecule has 4 heteroatoms. The number of ether oxygens (including phenoxy) is 2.